The molecule has 18 heavy (non-hydrogen) atoms. The van der Waals surface area contributed by atoms with E-state index in [1.165, 1.54) is 0 Å². The van der Waals surface area contributed by atoms with E-state index in [0.29, 0.717) is 15.6 Å². The number of hydrogen-bond donors (Lipinski definition) is 1. The van der Waals surface area contributed by atoms with Gasteiger partial charge in [-0.15, -0.1) is 11.6 Å². The number of rotatable bonds is 3. The van der Waals surface area contributed by atoms with E-state index in [1.807, 2.05) is 0 Å². The van der Waals surface area contributed by atoms with Gasteiger partial charge in [0.05, 0.1) is 0 Å². The van der Waals surface area contributed by atoms with E-state index in [1.54, 1.807) is 18.2 Å². The SMILES string of the molecule is O=C(NC1CCCC1)C(Cl)c1c(Cl)cccc1Cl. The lowest BCUT2D eigenvalue weighted by molar-refractivity contribution is -0.121. The maximum atomic E-state index is 12.0. The van der Waals surface area contributed by atoms with Crippen LogP contribution in [0.2, 0.25) is 10.0 Å². The Kier molecular flexibility index (Phi) is 4.77. The van der Waals surface area contributed by atoms with Gasteiger partial charge in [-0.05, 0) is 25.0 Å². The van der Waals surface area contributed by atoms with Gasteiger partial charge < -0.3 is 5.32 Å². The van der Waals surface area contributed by atoms with E-state index in [2.05, 4.69) is 5.32 Å². The van der Waals surface area contributed by atoms with Crippen molar-refractivity contribution in [3.63, 3.8) is 0 Å². The summed E-state index contributed by atoms with van der Waals surface area (Å²) in [5.41, 5.74) is 0.484. The van der Waals surface area contributed by atoms with Gasteiger partial charge in [-0.3, -0.25) is 4.79 Å². The third-order valence-corrected chi connectivity index (χ3v) is 4.26. The van der Waals surface area contributed by atoms with Crippen molar-refractivity contribution in [2.75, 3.05) is 0 Å². The van der Waals surface area contributed by atoms with E-state index < -0.39 is 5.38 Å². The van der Waals surface area contributed by atoms with Gasteiger partial charge in [0.25, 0.3) is 0 Å². The highest BCUT2D eigenvalue weighted by molar-refractivity contribution is 6.40. The van der Waals surface area contributed by atoms with Gasteiger partial charge in [0.15, 0.2) is 0 Å². The van der Waals surface area contributed by atoms with E-state index in [-0.39, 0.29) is 11.9 Å². The predicted octanol–water partition coefficient (Wildman–Crippen LogP) is 4.33. The molecule has 0 spiro atoms. The first kappa shape index (κ1) is 14.0. The molecule has 1 amide bonds. The number of alkyl halides is 1. The second-order valence-electron chi connectivity index (χ2n) is 4.49. The molecule has 1 aliphatic carbocycles. The second-order valence-corrected chi connectivity index (χ2v) is 5.74. The Morgan fingerprint density at radius 2 is 1.78 bits per heavy atom. The molecule has 1 saturated carbocycles. The molecule has 0 radical (unpaired) electrons. The zero-order chi connectivity index (χ0) is 13.1. The third-order valence-electron chi connectivity index (χ3n) is 3.18. The molecule has 1 atom stereocenters. The quantitative estimate of drug-likeness (QED) is 0.827. The maximum absolute atomic E-state index is 12.0. The van der Waals surface area contributed by atoms with Crippen LogP contribution in [0.1, 0.15) is 36.6 Å². The fourth-order valence-corrected chi connectivity index (χ4v) is 3.25. The Hall–Kier alpha value is -0.440. The zero-order valence-corrected chi connectivity index (χ0v) is 12.0. The molecular weight excluding hydrogens is 293 g/mol. The molecule has 1 aromatic rings. The number of nitrogens with one attached hydrogen (secondary N) is 1. The van der Waals surface area contributed by atoms with Crippen LogP contribution in [-0.4, -0.2) is 11.9 Å². The fourth-order valence-electron chi connectivity index (χ4n) is 2.23. The summed E-state index contributed by atoms with van der Waals surface area (Å²) in [5.74, 6) is -0.224. The lowest BCUT2D eigenvalue weighted by atomic mass is 10.1. The molecule has 1 aliphatic rings. The second kappa shape index (κ2) is 6.14. The van der Waals surface area contributed by atoms with Crippen LogP contribution in [0.15, 0.2) is 18.2 Å². The van der Waals surface area contributed by atoms with Crippen LogP contribution in [0.4, 0.5) is 0 Å². The third kappa shape index (κ3) is 3.11. The van der Waals surface area contributed by atoms with Crippen molar-refractivity contribution >= 4 is 40.7 Å². The fraction of sp³-hybridized carbons (Fsp3) is 0.462. The van der Waals surface area contributed by atoms with E-state index in [9.17, 15) is 4.79 Å². The van der Waals surface area contributed by atoms with Crippen LogP contribution < -0.4 is 5.32 Å². The lowest BCUT2D eigenvalue weighted by Crippen LogP contribution is -2.35. The molecule has 1 aromatic carbocycles. The molecule has 1 unspecified atom stereocenters. The minimum atomic E-state index is -0.841. The van der Waals surface area contributed by atoms with E-state index in [4.69, 9.17) is 34.8 Å². The molecule has 2 nitrogen and oxygen atoms in total. The largest absolute Gasteiger partial charge is 0.352 e. The molecule has 5 heteroatoms. The highest BCUT2D eigenvalue weighted by Crippen LogP contribution is 2.34. The summed E-state index contributed by atoms with van der Waals surface area (Å²) >= 11 is 18.2. The van der Waals surface area contributed by atoms with Gasteiger partial charge in [0.2, 0.25) is 5.91 Å². The molecule has 0 aromatic heterocycles. The molecule has 0 aliphatic heterocycles. The summed E-state index contributed by atoms with van der Waals surface area (Å²) < 4.78 is 0. The topological polar surface area (TPSA) is 29.1 Å². The van der Waals surface area contributed by atoms with Gasteiger partial charge in [-0.25, -0.2) is 0 Å². The molecule has 2 rings (SSSR count). The smallest absolute Gasteiger partial charge is 0.242 e. The monoisotopic (exact) mass is 305 g/mol. The van der Waals surface area contributed by atoms with Crippen molar-refractivity contribution in [3.8, 4) is 0 Å². The summed E-state index contributed by atoms with van der Waals surface area (Å²) in [5, 5.41) is 2.94. The first-order valence-corrected chi connectivity index (χ1v) is 7.17. The standard InChI is InChI=1S/C13H14Cl3NO/c14-9-6-3-7-10(15)11(9)12(16)13(18)17-8-4-1-2-5-8/h3,6-8,12H,1-2,4-5H2,(H,17,18). The van der Waals surface area contributed by atoms with Crippen molar-refractivity contribution < 1.29 is 4.79 Å². The number of halogens is 3. The maximum Gasteiger partial charge on any atom is 0.242 e. The minimum absolute atomic E-state index is 0.224. The summed E-state index contributed by atoms with van der Waals surface area (Å²) in [6, 6.07) is 5.33. The average Bonchev–Trinajstić information content (AvgIpc) is 2.81. The van der Waals surface area contributed by atoms with Gasteiger partial charge in [0, 0.05) is 21.7 Å². The molecule has 1 fully saturated rings. The Balaban J connectivity index is 2.10. The molecular formula is C13H14Cl3NO. The lowest BCUT2D eigenvalue weighted by Gasteiger charge is -2.17. The minimum Gasteiger partial charge on any atom is -0.352 e. The number of amides is 1. The molecule has 98 valence electrons. The van der Waals surface area contributed by atoms with Gasteiger partial charge in [-0.1, -0.05) is 42.1 Å². The van der Waals surface area contributed by atoms with Gasteiger partial charge in [-0.2, -0.15) is 0 Å². The number of carbonyl (C=O) groups is 1. The molecule has 0 heterocycles. The summed E-state index contributed by atoms with van der Waals surface area (Å²) in [6.07, 6.45) is 4.35. The average molecular weight is 307 g/mol. The highest BCUT2D eigenvalue weighted by atomic mass is 35.5. The molecule has 1 N–H and O–H groups in total. The number of carbonyl (C=O) groups excluding carboxylic acids is 1. The zero-order valence-electron chi connectivity index (χ0n) is 9.76. The summed E-state index contributed by atoms with van der Waals surface area (Å²) in [4.78, 5) is 12.0. The van der Waals surface area contributed by atoms with Crippen LogP contribution in [-0.2, 0) is 4.79 Å². The van der Waals surface area contributed by atoms with Crippen molar-refractivity contribution in [1.82, 2.24) is 5.32 Å². The summed E-state index contributed by atoms with van der Waals surface area (Å²) in [7, 11) is 0. The van der Waals surface area contributed by atoms with Crippen molar-refractivity contribution in [3.05, 3.63) is 33.8 Å². The number of hydrogen-bond acceptors (Lipinski definition) is 1. The number of benzene rings is 1. The molecule has 0 saturated heterocycles. The van der Waals surface area contributed by atoms with E-state index >= 15 is 0 Å². The van der Waals surface area contributed by atoms with Crippen molar-refractivity contribution in [2.24, 2.45) is 0 Å². The van der Waals surface area contributed by atoms with Crippen LogP contribution in [0, 0.1) is 0 Å². The Labute approximate surface area is 122 Å². The Bertz CT molecular complexity index is 424. The van der Waals surface area contributed by atoms with E-state index in [0.717, 1.165) is 25.7 Å². The van der Waals surface area contributed by atoms with Gasteiger partial charge in [0.1, 0.15) is 5.38 Å². The highest BCUT2D eigenvalue weighted by Gasteiger charge is 2.26. The normalized spacial score (nSPS) is 17.7. The van der Waals surface area contributed by atoms with Crippen LogP contribution in [0.25, 0.3) is 0 Å². The molecule has 0 bridgehead atoms. The van der Waals surface area contributed by atoms with Gasteiger partial charge >= 0.3 is 0 Å². The first-order chi connectivity index (χ1) is 8.59. The van der Waals surface area contributed by atoms with Crippen molar-refractivity contribution in [2.45, 2.75) is 37.1 Å². The van der Waals surface area contributed by atoms with Crippen LogP contribution in [0.3, 0.4) is 0 Å². The predicted molar refractivity (Wildman–Crippen MR) is 75.5 cm³/mol. The van der Waals surface area contributed by atoms with Crippen LogP contribution >= 0.6 is 34.8 Å². The van der Waals surface area contributed by atoms with Crippen molar-refractivity contribution in [1.29, 1.82) is 0 Å². The Morgan fingerprint density at radius 3 is 2.33 bits per heavy atom. The summed E-state index contributed by atoms with van der Waals surface area (Å²) in [6.45, 7) is 0. The Morgan fingerprint density at radius 1 is 1.22 bits per heavy atom. The first-order valence-electron chi connectivity index (χ1n) is 5.98. The van der Waals surface area contributed by atoms with Crippen LogP contribution in [0.5, 0.6) is 0 Å².